The molecule has 1 aliphatic rings. The summed E-state index contributed by atoms with van der Waals surface area (Å²) in [6, 6.07) is 3.04. The van der Waals surface area contributed by atoms with Crippen molar-refractivity contribution in [1.82, 2.24) is 10.2 Å². The van der Waals surface area contributed by atoms with Crippen molar-refractivity contribution in [3.63, 3.8) is 0 Å². The fourth-order valence-electron chi connectivity index (χ4n) is 1.83. The highest BCUT2D eigenvalue weighted by Crippen LogP contribution is 2.19. The average molecular weight is 359 g/mol. The molecule has 2 rings (SSSR count). The lowest BCUT2D eigenvalue weighted by Crippen LogP contribution is -2.41. The van der Waals surface area contributed by atoms with Gasteiger partial charge in [-0.1, -0.05) is 0 Å². The highest BCUT2D eigenvalue weighted by atomic mass is 79.9. The SMILES string of the molecule is CC(OC(=O)c1cc(F)ccc1Br)C(=O)N1CCNC1=O. The molecule has 0 aromatic heterocycles. The Morgan fingerprint density at radius 1 is 1.48 bits per heavy atom. The number of ether oxygens (including phenoxy) is 1. The van der Waals surface area contributed by atoms with Crippen LogP contribution in [0.3, 0.4) is 0 Å². The molecular weight excluding hydrogens is 347 g/mol. The summed E-state index contributed by atoms with van der Waals surface area (Å²) >= 11 is 3.11. The van der Waals surface area contributed by atoms with Gasteiger partial charge in [-0.2, -0.15) is 0 Å². The second-order valence-electron chi connectivity index (χ2n) is 4.39. The van der Waals surface area contributed by atoms with Crippen LogP contribution in [-0.4, -0.2) is 42.0 Å². The van der Waals surface area contributed by atoms with E-state index in [4.69, 9.17) is 4.74 Å². The molecule has 8 heteroatoms. The van der Waals surface area contributed by atoms with Crippen LogP contribution in [0, 0.1) is 5.82 Å². The molecule has 1 heterocycles. The molecule has 112 valence electrons. The van der Waals surface area contributed by atoms with Crippen LogP contribution >= 0.6 is 15.9 Å². The Morgan fingerprint density at radius 2 is 2.19 bits per heavy atom. The van der Waals surface area contributed by atoms with Gasteiger partial charge < -0.3 is 10.1 Å². The maximum Gasteiger partial charge on any atom is 0.340 e. The molecule has 0 radical (unpaired) electrons. The number of imide groups is 1. The number of carbonyl (C=O) groups excluding carboxylic acids is 3. The highest BCUT2D eigenvalue weighted by molar-refractivity contribution is 9.10. The number of hydrogen-bond acceptors (Lipinski definition) is 4. The lowest BCUT2D eigenvalue weighted by atomic mass is 10.2. The maximum atomic E-state index is 13.1. The van der Waals surface area contributed by atoms with Gasteiger partial charge in [0.2, 0.25) is 0 Å². The number of esters is 1. The third-order valence-electron chi connectivity index (χ3n) is 2.90. The van der Waals surface area contributed by atoms with Gasteiger partial charge in [0.1, 0.15) is 5.82 Å². The van der Waals surface area contributed by atoms with Crippen molar-refractivity contribution in [1.29, 1.82) is 0 Å². The van der Waals surface area contributed by atoms with Gasteiger partial charge in [-0.3, -0.25) is 9.69 Å². The van der Waals surface area contributed by atoms with Crippen LogP contribution in [-0.2, 0) is 9.53 Å². The van der Waals surface area contributed by atoms with E-state index in [1.54, 1.807) is 0 Å². The summed E-state index contributed by atoms with van der Waals surface area (Å²) < 4.78 is 18.5. The number of nitrogens with one attached hydrogen (secondary N) is 1. The molecule has 1 fully saturated rings. The molecule has 1 N–H and O–H groups in total. The second kappa shape index (κ2) is 6.21. The third kappa shape index (κ3) is 3.38. The van der Waals surface area contributed by atoms with Gasteiger partial charge in [-0.15, -0.1) is 0 Å². The Kier molecular flexibility index (Phi) is 4.56. The first-order chi connectivity index (χ1) is 9.90. The van der Waals surface area contributed by atoms with Crippen LogP contribution in [0.4, 0.5) is 9.18 Å². The second-order valence-corrected chi connectivity index (χ2v) is 5.25. The van der Waals surface area contributed by atoms with Crippen molar-refractivity contribution in [3.8, 4) is 0 Å². The van der Waals surface area contributed by atoms with E-state index >= 15 is 0 Å². The van der Waals surface area contributed by atoms with Crippen molar-refractivity contribution in [2.45, 2.75) is 13.0 Å². The van der Waals surface area contributed by atoms with Gasteiger partial charge in [0.25, 0.3) is 5.91 Å². The molecule has 1 atom stereocenters. The Hall–Kier alpha value is -1.96. The minimum atomic E-state index is -1.14. The van der Waals surface area contributed by atoms with E-state index in [2.05, 4.69) is 21.2 Å². The fraction of sp³-hybridized carbons (Fsp3) is 0.308. The van der Waals surface area contributed by atoms with Crippen LogP contribution in [0.2, 0.25) is 0 Å². The van der Waals surface area contributed by atoms with E-state index in [1.807, 2.05) is 0 Å². The lowest BCUT2D eigenvalue weighted by molar-refractivity contribution is -0.136. The number of carbonyl (C=O) groups is 3. The zero-order valence-corrected chi connectivity index (χ0v) is 12.6. The molecule has 0 aliphatic carbocycles. The molecule has 6 nitrogen and oxygen atoms in total. The molecule has 0 bridgehead atoms. The molecule has 1 aliphatic heterocycles. The molecule has 1 aromatic carbocycles. The molecule has 1 aromatic rings. The Balaban J connectivity index is 2.06. The van der Waals surface area contributed by atoms with Crippen LogP contribution in [0.5, 0.6) is 0 Å². The monoisotopic (exact) mass is 358 g/mol. The minimum Gasteiger partial charge on any atom is -0.449 e. The van der Waals surface area contributed by atoms with Crippen LogP contribution in [0.1, 0.15) is 17.3 Å². The van der Waals surface area contributed by atoms with Gasteiger partial charge >= 0.3 is 12.0 Å². The minimum absolute atomic E-state index is 0.0273. The van der Waals surface area contributed by atoms with E-state index in [9.17, 15) is 18.8 Å². The molecular formula is C13H12BrFN2O4. The smallest absolute Gasteiger partial charge is 0.340 e. The number of halogens is 2. The van der Waals surface area contributed by atoms with E-state index in [-0.39, 0.29) is 12.1 Å². The summed E-state index contributed by atoms with van der Waals surface area (Å²) in [5.41, 5.74) is -0.0273. The first kappa shape index (κ1) is 15.4. The lowest BCUT2D eigenvalue weighted by Gasteiger charge is -2.18. The van der Waals surface area contributed by atoms with E-state index < -0.39 is 29.8 Å². The quantitative estimate of drug-likeness (QED) is 0.834. The normalized spacial score (nSPS) is 15.6. The molecule has 3 amide bonds. The molecule has 21 heavy (non-hydrogen) atoms. The summed E-state index contributed by atoms with van der Waals surface area (Å²) in [6.07, 6.45) is -1.14. The topological polar surface area (TPSA) is 75.7 Å². The largest absolute Gasteiger partial charge is 0.449 e. The van der Waals surface area contributed by atoms with Crippen molar-refractivity contribution < 1.29 is 23.5 Å². The Bertz CT molecular complexity index is 608. The van der Waals surface area contributed by atoms with Crippen LogP contribution < -0.4 is 5.32 Å². The van der Waals surface area contributed by atoms with E-state index in [0.29, 0.717) is 11.0 Å². The summed E-state index contributed by atoms with van der Waals surface area (Å²) in [6.45, 7) is 1.95. The third-order valence-corrected chi connectivity index (χ3v) is 3.59. The molecule has 1 saturated heterocycles. The number of benzene rings is 1. The number of urea groups is 1. The summed E-state index contributed by atoms with van der Waals surface area (Å²) in [7, 11) is 0. The molecule has 1 unspecified atom stereocenters. The van der Waals surface area contributed by atoms with Gasteiger partial charge in [0, 0.05) is 17.6 Å². The predicted molar refractivity (Wildman–Crippen MR) is 74.1 cm³/mol. The summed E-state index contributed by atoms with van der Waals surface area (Å²) in [5.74, 6) is -2.06. The summed E-state index contributed by atoms with van der Waals surface area (Å²) in [5, 5.41) is 2.48. The fourth-order valence-corrected chi connectivity index (χ4v) is 2.24. The molecule has 0 saturated carbocycles. The van der Waals surface area contributed by atoms with Gasteiger partial charge in [0.05, 0.1) is 5.56 Å². The van der Waals surface area contributed by atoms with Crippen molar-refractivity contribution in [2.24, 2.45) is 0 Å². The van der Waals surface area contributed by atoms with Gasteiger partial charge in [-0.25, -0.2) is 14.0 Å². The number of nitrogens with zero attached hydrogens (tertiary/aromatic N) is 1. The average Bonchev–Trinajstić information content (AvgIpc) is 2.86. The van der Waals surface area contributed by atoms with E-state index in [0.717, 1.165) is 11.0 Å². The Morgan fingerprint density at radius 3 is 2.81 bits per heavy atom. The number of hydrogen-bond donors (Lipinski definition) is 1. The van der Waals surface area contributed by atoms with Crippen LogP contribution in [0.15, 0.2) is 22.7 Å². The van der Waals surface area contributed by atoms with Crippen molar-refractivity contribution in [2.75, 3.05) is 13.1 Å². The first-order valence-corrected chi connectivity index (χ1v) is 6.94. The van der Waals surface area contributed by atoms with Crippen molar-refractivity contribution in [3.05, 3.63) is 34.1 Å². The zero-order chi connectivity index (χ0) is 15.6. The standard InChI is InChI=1S/C13H12BrFN2O4/c1-7(11(18)17-5-4-16-13(17)20)21-12(19)9-6-8(15)2-3-10(9)14/h2-3,6-7H,4-5H2,1H3,(H,16,20). The van der Waals surface area contributed by atoms with Crippen molar-refractivity contribution >= 4 is 33.8 Å². The molecule has 0 spiro atoms. The van der Waals surface area contributed by atoms with Crippen LogP contribution in [0.25, 0.3) is 0 Å². The number of amides is 3. The zero-order valence-electron chi connectivity index (χ0n) is 11.1. The summed E-state index contributed by atoms with van der Waals surface area (Å²) in [4.78, 5) is 36.3. The van der Waals surface area contributed by atoms with E-state index in [1.165, 1.54) is 19.1 Å². The van der Waals surface area contributed by atoms with Gasteiger partial charge in [-0.05, 0) is 41.1 Å². The maximum absolute atomic E-state index is 13.1. The Labute approximate surface area is 128 Å². The predicted octanol–water partition coefficient (Wildman–Crippen LogP) is 1.69. The first-order valence-electron chi connectivity index (χ1n) is 6.15. The number of rotatable bonds is 3. The van der Waals surface area contributed by atoms with Gasteiger partial charge in [0.15, 0.2) is 6.10 Å². The highest BCUT2D eigenvalue weighted by Gasteiger charge is 2.32.